The Labute approximate surface area is 117 Å². The van der Waals surface area contributed by atoms with E-state index >= 15 is 0 Å². The molecule has 0 saturated heterocycles. The first-order chi connectivity index (χ1) is 9.38. The van der Waals surface area contributed by atoms with Gasteiger partial charge >= 0.3 is 12.0 Å². The minimum absolute atomic E-state index is 0.0757. The lowest BCUT2D eigenvalue weighted by Gasteiger charge is -2.12. The Morgan fingerprint density at radius 2 is 2.10 bits per heavy atom. The van der Waals surface area contributed by atoms with Gasteiger partial charge in [-0.25, -0.2) is 9.18 Å². The number of halogens is 1. The van der Waals surface area contributed by atoms with Crippen LogP contribution >= 0.6 is 0 Å². The largest absolute Gasteiger partial charge is 0.481 e. The number of amides is 2. The van der Waals surface area contributed by atoms with Crippen LogP contribution < -0.4 is 10.6 Å². The highest BCUT2D eigenvalue weighted by Crippen LogP contribution is 2.13. The van der Waals surface area contributed by atoms with Gasteiger partial charge in [-0.2, -0.15) is 0 Å². The third kappa shape index (κ3) is 5.69. The molecule has 1 aromatic carbocycles. The summed E-state index contributed by atoms with van der Waals surface area (Å²) in [6.45, 7) is 3.87. The maximum absolute atomic E-state index is 13.1. The van der Waals surface area contributed by atoms with Crippen molar-refractivity contribution < 1.29 is 19.1 Å². The van der Waals surface area contributed by atoms with Gasteiger partial charge in [0.2, 0.25) is 0 Å². The van der Waals surface area contributed by atoms with Crippen molar-refractivity contribution in [1.82, 2.24) is 5.32 Å². The molecule has 0 heterocycles. The zero-order valence-corrected chi connectivity index (χ0v) is 11.6. The van der Waals surface area contributed by atoms with Crippen molar-refractivity contribution in [2.75, 3.05) is 11.9 Å². The lowest BCUT2D eigenvalue weighted by molar-refractivity contribution is -0.137. The summed E-state index contributed by atoms with van der Waals surface area (Å²) in [5.41, 5.74) is 0.970. The Morgan fingerprint density at radius 3 is 2.70 bits per heavy atom. The zero-order chi connectivity index (χ0) is 15.1. The van der Waals surface area contributed by atoms with E-state index < -0.39 is 12.0 Å². The molecule has 5 nitrogen and oxygen atoms in total. The van der Waals surface area contributed by atoms with Gasteiger partial charge in [-0.3, -0.25) is 4.79 Å². The summed E-state index contributed by atoms with van der Waals surface area (Å²) in [7, 11) is 0. The van der Waals surface area contributed by atoms with Crippen LogP contribution in [0, 0.1) is 18.7 Å². The second-order valence-electron chi connectivity index (χ2n) is 4.84. The summed E-state index contributed by atoms with van der Waals surface area (Å²) in [5, 5.41) is 13.8. The monoisotopic (exact) mass is 282 g/mol. The number of carboxylic acid groups (broad SMARTS) is 1. The number of hydrogen-bond acceptors (Lipinski definition) is 2. The van der Waals surface area contributed by atoms with Crippen molar-refractivity contribution in [3.8, 4) is 0 Å². The lowest BCUT2D eigenvalue weighted by atomic mass is 10.1. The molecule has 0 aromatic heterocycles. The minimum atomic E-state index is -0.844. The number of aliphatic carboxylic acids is 1. The molecular weight excluding hydrogens is 263 g/mol. The van der Waals surface area contributed by atoms with Crippen molar-refractivity contribution in [3.05, 3.63) is 29.6 Å². The van der Waals surface area contributed by atoms with E-state index in [4.69, 9.17) is 5.11 Å². The molecule has 0 saturated carbocycles. The quantitative estimate of drug-likeness (QED) is 0.750. The van der Waals surface area contributed by atoms with Crippen LogP contribution in [0.25, 0.3) is 0 Å². The first kappa shape index (κ1) is 15.9. The number of aryl methyl sites for hydroxylation is 1. The summed E-state index contributed by atoms with van der Waals surface area (Å²) >= 11 is 0. The van der Waals surface area contributed by atoms with E-state index in [1.54, 1.807) is 13.0 Å². The van der Waals surface area contributed by atoms with E-state index in [0.717, 1.165) is 0 Å². The summed E-state index contributed by atoms with van der Waals surface area (Å²) in [4.78, 5) is 22.0. The van der Waals surface area contributed by atoms with Gasteiger partial charge < -0.3 is 15.7 Å². The Morgan fingerprint density at radius 1 is 1.40 bits per heavy atom. The fourth-order valence-electron chi connectivity index (χ4n) is 1.64. The fourth-order valence-corrected chi connectivity index (χ4v) is 1.64. The summed E-state index contributed by atoms with van der Waals surface area (Å²) < 4.78 is 13.1. The van der Waals surface area contributed by atoms with Crippen LogP contribution in [-0.4, -0.2) is 23.7 Å². The number of carbonyl (C=O) groups is 2. The highest BCUT2D eigenvalue weighted by molar-refractivity contribution is 5.89. The molecule has 1 unspecified atom stereocenters. The van der Waals surface area contributed by atoms with Gasteiger partial charge in [0.25, 0.3) is 0 Å². The van der Waals surface area contributed by atoms with Gasteiger partial charge in [-0.1, -0.05) is 6.92 Å². The van der Waals surface area contributed by atoms with Gasteiger partial charge in [-0.15, -0.1) is 0 Å². The lowest BCUT2D eigenvalue weighted by Crippen LogP contribution is -2.32. The molecule has 6 heteroatoms. The van der Waals surface area contributed by atoms with Crippen LogP contribution in [0.3, 0.4) is 0 Å². The van der Waals surface area contributed by atoms with Crippen LogP contribution in [0.5, 0.6) is 0 Å². The second kappa shape index (κ2) is 7.47. The van der Waals surface area contributed by atoms with Gasteiger partial charge in [0, 0.05) is 18.7 Å². The molecule has 0 radical (unpaired) electrons. The highest BCUT2D eigenvalue weighted by Gasteiger charge is 2.08. The molecule has 3 N–H and O–H groups in total. The second-order valence-corrected chi connectivity index (χ2v) is 4.84. The Kier molecular flexibility index (Phi) is 5.96. The number of nitrogens with one attached hydrogen (secondary N) is 2. The average molecular weight is 282 g/mol. The molecule has 110 valence electrons. The van der Waals surface area contributed by atoms with Crippen LogP contribution in [-0.2, 0) is 4.79 Å². The molecule has 1 atom stereocenters. The predicted octanol–water partition coefficient (Wildman–Crippen LogP) is 2.76. The molecule has 20 heavy (non-hydrogen) atoms. The van der Waals surface area contributed by atoms with E-state index in [1.807, 2.05) is 6.92 Å². The fraction of sp³-hybridized carbons (Fsp3) is 0.429. The van der Waals surface area contributed by atoms with Crippen LogP contribution in [0.4, 0.5) is 14.9 Å². The molecule has 0 aliphatic rings. The van der Waals surface area contributed by atoms with Gasteiger partial charge in [0.1, 0.15) is 5.82 Å². The Bertz CT molecular complexity index is 491. The number of carbonyl (C=O) groups excluding carboxylic acids is 1. The van der Waals surface area contributed by atoms with E-state index in [2.05, 4.69) is 10.6 Å². The molecule has 0 bridgehead atoms. The van der Waals surface area contributed by atoms with Crippen molar-refractivity contribution in [2.45, 2.75) is 26.7 Å². The van der Waals surface area contributed by atoms with Crippen LogP contribution in [0.15, 0.2) is 18.2 Å². The molecular formula is C14H19FN2O3. The third-order valence-corrected chi connectivity index (χ3v) is 2.88. The molecule has 0 spiro atoms. The number of benzene rings is 1. The highest BCUT2D eigenvalue weighted by atomic mass is 19.1. The molecule has 2 amide bonds. The van der Waals surface area contributed by atoms with Gasteiger partial charge in [0.05, 0.1) is 0 Å². The SMILES string of the molecule is Cc1cc(NC(=O)NCC(C)CCC(=O)O)ccc1F. The van der Waals surface area contributed by atoms with Crippen LogP contribution in [0.2, 0.25) is 0 Å². The number of hydrogen-bond donors (Lipinski definition) is 3. The number of anilines is 1. The zero-order valence-electron chi connectivity index (χ0n) is 11.6. The normalized spacial score (nSPS) is 11.8. The smallest absolute Gasteiger partial charge is 0.319 e. The van der Waals surface area contributed by atoms with Crippen LogP contribution in [0.1, 0.15) is 25.3 Å². The molecule has 1 rings (SSSR count). The average Bonchev–Trinajstić information content (AvgIpc) is 2.38. The molecule has 0 fully saturated rings. The van der Waals surface area contributed by atoms with Crippen molar-refractivity contribution in [2.24, 2.45) is 5.92 Å². The topological polar surface area (TPSA) is 78.4 Å². The van der Waals surface area contributed by atoms with Crippen molar-refractivity contribution in [3.63, 3.8) is 0 Å². The Hall–Kier alpha value is -2.11. The first-order valence-electron chi connectivity index (χ1n) is 6.41. The molecule has 0 aliphatic heterocycles. The number of urea groups is 1. The number of carboxylic acids is 1. The predicted molar refractivity (Wildman–Crippen MR) is 74.2 cm³/mol. The summed E-state index contributed by atoms with van der Waals surface area (Å²) in [5.74, 6) is -1.09. The molecule has 1 aromatic rings. The van der Waals surface area contributed by atoms with Gasteiger partial charge in [-0.05, 0) is 43.0 Å². The van der Waals surface area contributed by atoms with E-state index in [9.17, 15) is 14.0 Å². The Balaban J connectivity index is 2.36. The molecule has 0 aliphatic carbocycles. The van der Waals surface area contributed by atoms with E-state index in [0.29, 0.717) is 24.2 Å². The minimum Gasteiger partial charge on any atom is -0.481 e. The first-order valence-corrected chi connectivity index (χ1v) is 6.41. The third-order valence-electron chi connectivity index (χ3n) is 2.88. The maximum Gasteiger partial charge on any atom is 0.319 e. The van der Waals surface area contributed by atoms with Crippen molar-refractivity contribution >= 4 is 17.7 Å². The number of rotatable bonds is 6. The standard InChI is InChI=1S/C14H19FN2O3/c1-9(3-6-13(18)19)8-16-14(20)17-11-4-5-12(15)10(2)7-11/h4-5,7,9H,3,6,8H2,1-2H3,(H,18,19)(H2,16,17,20). The van der Waals surface area contributed by atoms with Gasteiger partial charge in [0.15, 0.2) is 0 Å². The van der Waals surface area contributed by atoms with E-state index in [-0.39, 0.29) is 18.2 Å². The summed E-state index contributed by atoms with van der Waals surface area (Å²) in [6, 6.07) is 3.93. The maximum atomic E-state index is 13.1. The van der Waals surface area contributed by atoms with Crippen molar-refractivity contribution in [1.29, 1.82) is 0 Å². The van der Waals surface area contributed by atoms with E-state index in [1.165, 1.54) is 12.1 Å². The summed E-state index contributed by atoms with van der Waals surface area (Å²) in [6.07, 6.45) is 0.590.